The van der Waals surface area contributed by atoms with Crippen LogP contribution in [0.4, 0.5) is 0 Å². The molecule has 22 heavy (non-hydrogen) atoms. The van der Waals surface area contributed by atoms with Gasteiger partial charge >= 0.3 is 5.97 Å². The van der Waals surface area contributed by atoms with Gasteiger partial charge in [0.15, 0.2) is 5.79 Å². The minimum atomic E-state index is -1.80. The molecule has 0 unspecified atom stereocenters. The topological polar surface area (TPSA) is 106 Å². The van der Waals surface area contributed by atoms with Crippen LogP contribution in [0.15, 0.2) is 0 Å². The van der Waals surface area contributed by atoms with Crippen molar-refractivity contribution in [3.63, 3.8) is 0 Å². The van der Waals surface area contributed by atoms with Gasteiger partial charge in [-0.25, -0.2) is 0 Å². The van der Waals surface area contributed by atoms with Gasteiger partial charge in [0.2, 0.25) is 5.91 Å². The Hall–Kier alpha value is -1.22. The van der Waals surface area contributed by atoms with Crippen molar-refractivity contribution in [3.8, 4) is 0 Å². The Morgan fingerprint density at radius 2 is 2.00 bits per heavy atom. The zero-order valence-corrected chi connectivity index (χ0v) is 13.2. The van der Waals surface area contributed by atoms with E-state index in [2.05, 4.69) is 0 Å². The van der Waals surface area contributed by atoms with E-state index < -0.39 is 42.2 Å². The van der Waals surface area contributed by atoms with Crippen LogP contribution in [0.3, 0.4) is 0 Å². The van der Waals surface area contributed by atoms with Crippen molar-refractivity contribution in [2.75, 3.05) is 19.8 Å². The van der Waals surface area contributed by atoms with E-state index in [0.29, 0.717) is 0 Å². The summed E-state index contributed by atoms with van der Waals surface area (Å²) in [5.74, 6) is -1.73. The van der Waals surface area contributed by atoms with Gasteiger partial charge in [-0.3, -0.25) is 9.59 Å². The molecule has 1 amide bonds. The summed E-state index contributed by atoms with van der Waals surface area (Å²) < 4.78 is 16.1. The summed E-state index contributed by atoms with van der Waals surface area (Å²) >= 11 is 0. The van der Waals surface area contributed by atoms with Crippen molar-refractivity contribution >= 4 is 11.9 Å². The number of hydrogen-bond acceptors (Lipinski definition) is 7. The molecule has 0 aliphatic carbocycles. The third-order valence-electron chi connectivity index (χ3n) is 4.09. The summed E-state index contributed by atoms with van der Waals surface area (Å²) in [4.78, 5) is 24.2. The Labute approximate surface area is 128 Å². The van der Waals surface area contributed by atoms with Crippen LogP contribution in [0.2, 0.25) is 0 Å². The van der Waals surface area contributed by atoms with E-state index in [1.165, 1.54) is 18.7 Å². The number of carbonyl (C=O) groups excluding carboxylic acids is 2. The second-order valence-electron chi connectivity index (χ2n) is 6.27. The second kappa shape index (κ2) is 5.77. The summed E-state index contributed by atoms with van der Waals surface area (Å²) in [6.07, 6.45) is -1.87. The van der Waals surface area contributed by atoms with Crippen LogP contribution in [0, 0.1) is 0 Å². The largest absolute Gasteiger partial charge is 0.463 e. The van der Waals surface area contributed by atoms with Crippen molar-refractivity contribution in [3.05, 3.63) is 0 Å². The van der Waals surface area contributed by atoms with E-state index in [1.54, 1.807) is 13.8 Å². The van der Waals surface area contributed by atoms with Crippen LogP contribution in [0.5, 0.6) is 0 Å². The molecular weight excluding hydrogens is 294 g/mol. The average Bonchev–Trinajstić information content (AvgIpc) is 2.86. The highest BCUT2D eigenvalue weighted by atomic mass is 16.7. The maximum absolute atomic E-state index is 11.8. The number of aliphatic hydroxyl groups is 2. The van der Waals surface area contributed by atoms with Gasteiger partial charge in [0.25, 0.3) is 0 Å². The highest BCUT2D eigenvalue weighted by molar-refractivity contribution is 5.74. The number of aliphatic hydroxyl groups excluding tert-OH is 1. The van der Waals surface area contributed by atoms with E-state index in [9.17, 15) is 19.8 Å². The lowest BCUT2D eigenvalue weighted by molar-refractivity contribution is -0.178. The number of esters is 1. The molecule has 2 N–H and O–H groups in total. The van der Waals surface area contributed by atoms with Crippen molar-refractivity contribution in [2.45, 2.75) is 57.3 Å². The van der Waals surface area contributed by atoms with E-state index in [4.69, 9.17) is 14.2 Å². The van der Waals surface area contributed by atoms with Gasteiger partial charge in [-0.15, -0.1) is 0 Å². The number of amides is 1. The van der Waals surface area contributed by atoms with Crippen LogP contribution in [-0.4, -0.2) is 76.4 Å². The minimum absolute atomic E-state index is 0.0575. The quantitative estimate of drug-likeness (QED) is 0.645. The molecule has 2 heterocycles. The minimum Gasteiger partial charge on any atom is -0.463 e. The molecule has 0 bridgehead atoms. The third-order valence-corrected chi connectivity index (χ3v) is 4.09. The normalized spacial score (nSPS) is 37.4. The van der Waals surface area contributed by atoms with Gasteiger partial charge in [-0.2, -0.15) is 0 Å². The first kappa shape index (κ1) is 17.1. The lowest BCUT2D eigenvalue weighted by atomic mass is 9.89. The molecule has 126 valence electrons. The smallest absolute Gasteiger partial charge is 0.302 e. The Morgan fingerprint density at radius 1 is 1.36 bits per heavy atom. The van der Waals surface area contributed by atoms with Gasteiger partial charge in [0, 0.05) is 13.8 Å². The van der Waals surface area contributed by atoms with Crippen LogP contribution >= 0.6 is 0 Å². The average molecular weight is 317 g/mol. The van der Waals surface area contributed by atoms with E-state index >= 15 is 0 Å². The van der Waals surface area contributed by atoms with Crippen LogP contribution in [0.25, 0.3) is 0 Å². The first-order valence-corrected chi connectivity index (χ1v) is 7.19. The van der Waals surface area contributed by atoms with Gasteiger partial charge in [0.1, 0.15) is 24.4 Å². The van der Waals surface area contributed by atoms with Gasteiger partial charge in [-0.05, 0) is 13.8 Å². The Balaban J connectivity index is 2.28. The van der Waals surface area contributed by atoms with Gasteiger partial charge in [-0.1, -0.05) is 0 Å². The summed E-state index contributed by atoms with van der Waals surface area (Å²) in [6.45, 7) is 5.69. The van der Waals surface area contributed by atoms with Crippen molar-refractivity contribution in [1.82, 2.24) is 4.90 Å². The van der Waals surface area contributed by atoms with E-state index in [0.717, 1.165) is 0 Å². The fraction of sp³-hybridized carbons (Fsp3) is 0.857. The monoisotopic (exact) mass is 317 g/mol. The summed E-state index contributed by atoms with van der Waals surface area (Å²) in [7, 11) is 0. The molecular formula is C14H23NO7. The number of rotatable bonds is 3. The molecule has 0 radical (unpaired) electrons. The Kier molecular flexibility index (Phi) is 4.49. The lowest BCUT2D eigenvalue weighted by Crippen LogP contribution is -2.59. The highest BCUT2D eigenvalue weighted by Gasteiger charge is 2.59. The number of nitrogens with zero attached hydrogens (tertiary/aromatic N) is 1. The molecule has 4 atom stereocenters. The maximum atomic E-state index is 11.8. The van der Waals surface area contributed by atoms with Crippen molar-refractivity contribution < 1.29 is 34.0 Å². The third kappa shape index (κ3) is 3.10. The predicted molar refractivity (Wildman–Crippen MR) is 73.7 cm³/mol. The SMILES string of the molecule is CC(=O)OC[C@]1(O)[C@@H](O)CN(C(C)=O)[C@@H]1[C@H]1COC(C)(C)O1. The van der Waals surface area contributed by atoms with E-state index in [-0.39, 0.29) is 19.1 Å². The molecule has 2 aliphatic heterocycles. The molecule has 0 aromatic rings. The molecule has 0 spiro atoms. The summed E-state index contributed by atoms with van der Waals surface area (Å²) in [6, 6.07) is -0.860. The van der Waals surface area contributed by atoms with Crippen LogP contribution < -0.4 is 0 Å². The zero-order chi connectivity index (χ0) is 16.7. The number of hydrogen-bond donors (Lipinski definition) is 2. The first-order valence-electron chi connectivity index (χ1n) is 7.19. The fourth-order valence-electron chi connectivity index (χ4n) is 3.04. The summed E-state index contributed by atoms with van der Waals surface area (Å²) in [5, 5.41) is 21.1. The lowest BCUT2D eigenvalue weighted by Gasteiger charge is -2.37. The van der Waals surface area contributed by atoms with Gasteiger partial charge in [0.05, 0.1) is 19.2 Å². The Morgan fingerprint density at radius 3 is 2.45 bits per heavy atom. The number of ether oxygens (including phenoxy) is 3. The predicted octanol–water partition coefficient (Wildman–Crippen LogP) is -0.976. The van der Waals surface area contributed by atoms with E-state index in [1.807, 2.05) is 0 Å². The van der Waals surface area contributed by atoms with Gasteiger partial charge < -0.3 is 29.3 Å². The molecule has 2 fully saturated rings. The van der Waals surface area contributed by atoms with Crippen LogP contribution in [-0.2, 0) is 23.8 Å². The Bertz CT molecular complexity index is 466. The molecule has 2 rings (SSSR count). The van der Waals surface area contributed by atoms with Crippen LogP contribution in [0.1, 0.15) is 27.7 Å². The molecule has 8 heteroatoms. The molecule has 8 nitrogen and oxygen atoms in total. The maximum Gasteiger partial charge on any atom is 0.302 e. The molecule has 0 aromatic carbocycles. The molecule has 0 aromatic heterocycles. The summed E-state index contributed by atoms with van der Waals surface area (Å²) in [5.41, 5.74) is -1.80. The number of likely N-dealkylation sites (tertiary alicyclic amines) is 1. The number of carbonyl (C=O) groups is 2. The van der Waals surface area contributed by atoms with Crippen molar-refractivity contribution in [2.24, 2.45) is 0 Å². The zero-order valence-electron chi connectivity index (χ0n) is 13.2. The number of β-amino-alcohol motifs (C(OH)–C–C–N with tert-alkyl or cyclic N) is 1. The molecule has 2 aliphatic rings. The second-order valence-corrected chi connectivity index (χ2v) is 6.27. The molecule has 0 saturated carbocycles. The first-order chi connectivity index (χ1) is 10.1. The molecule has 2 saturated heterocycles. The standard InChI is InChI=1S/C14H23NO7/c1-8(16)15-5-11(18)14(19,7-20-9(2)17)12(15)10-6-21-13(3,4)22-10/h10-12,18-19H,5-7H2,1-4H3/t10-,11+,12-,14+/m1/s1. The van der Waals surface area contributed by atoms with Crippen molar-refractivity contribution in [1.29, 1.82) is 0 Å². The fourth-order valence-corrected chi connectivity index (χ4v) is 3.04. The highest BCUT2D eigenvalue weighted by Crippen LogP contribution is 2.37.